The molecule has 1 aliphatic carbocycles. The zero-order valence-corrected chi connectivity index (χ0v) is 11.9. The highest BCUT2D eigenvalue weighted by atomic mass is 16.5. The Morgan fingerprint density at radius 1 is 1.29 bits per heavy atom. The number of aryl methyl sites for hydroxylation is 1. The molecular weight excluding hydrogens is 264 g/mol. The summed E-state index contributed by atoms with van der Waals surface area (Å²) in [6.07, 6.45) is 11.2. The first-order valence-electron chi connectivity index (χ1n) is 7.65. The SMILES string of the molecule is c1cnc2[nH]cc(-c3noc(CCC4CCCC4)n3)c2c1. The maximum atomic E-state index is 5.40. The summed E-state index contributed by atoms with van der Waals surface area (Å²) in [5.41, 5.74) is 1.80. The van der Waals surface area contributed by atoms with Crippen molar-refractivity contribution in [2.24, 2.45) is 5.92 Å². The Hall–Kier alpha value is -2.17. The first-order valence-corrected chi connectivity index (χ1v) is 7.65. The molecule has 5 heteroatoms. The number of aromatic amines is 1. The van der Waals surface area contributed by atoms with Crippen LogP contribution in [0.2, 0.25) is 0 Å². The van der Waals surface area contributed by atoms with Crippen molar-refractivity contribution in [1.29, 1.82) is 0 Å². The fraction of sp³-hybridized carbons (Fsp3) is 0.438. The molecule has 108 valence electrons. The van der Waals surface area contributed by atoms with Crippen molar-refractivity contribution in [3.8, 4) is 11.4 Å². The summed E-state index contributed by atoms with van der Waals surface area (Å²) in [4.78, 5) is 12.0. The van der Waals surface area contributed by atoms with Crippen LogP contribution < -0.4 is 0 Å². The Morgan fingerprint density at radius 2 is 2.19 bits per heavy atom. The van der Waals surface area contributed by atoms with E-state index in [1.165, 1.54) is 25.7 Å². The molecule has 0 saturated heterocycles. The fourth-order valence-corrected chi connectivity index (χ4v) is 3.23. The van der Waals surface area contributed by atoms with Gasteiger partial charge in [-0.05, 0) is 24.5 Å². The number of nitrogens with zero attached hydrogens (tertiary/aromatic N) is 3. The Labute approximate surface area is 122 Å². The minimum atomic E-state index is 0.649. The summed E-state index contributed by atoms with van der Waals surface area (Å²) in [6, 6.07) is 3.93. The van der Waals surface area contributed by atoms with E-state index in [1.54, 1.807) is 6.20 Å². The van der Waals surface area contributed by atoms with E-state index >= 15 is 0 Å². The topological polar surface area (TPSA) is 67.6 Å². The van der Waals surface area contributed by atoms with E-state index < -0.39 is 0 Å². The first-order chi connectivity index (χ1) is 10.4. The van der Waals surface area contributed by atoms with E-state index in [0.29, 0.717) is 5.82 Å². The smallest absolute Gasteiger partial charge is 0.226 e. The zero-order chi connectivity index (χ0) is 14.1. The van der Waals surface area contributed by atoms with E-state index in [9.17, 15) is 0 Å². The van der Waals surface area contributed by atoms with Crippen molar-refractivity contribution < 1.29 is 4.52 Å². The van der Waals surface area contributed by atoms with Crippen molar-refractivity contribution in [3.63, 3.8) is 0 Å². The molecule has 1 fully saturated rings. The molecule has 3 aromatic rings. The minimum Gasteiger partial charge on any atom is -0.345 e. The second-order valence-corrected chi connectivity index (χ2v) is 5.80. The number of aromatic nitrogens is 4. The molecule has 0 aromatic carbocycles. The molecule has 0 spiro atoms. The van der Waals surface area contributed by atoms with Gasteiger partial charge in [-0.15, -0.1) is 0 Å². The Bertz CT molecular complexity index is 739. The van der Waals surface area contributed by atoms with Gasteiger partial charge in [0.1, 0.15) is 5.65 Å². The molecule has 0 atom stereocenters. The van der Waals surface area contributed by atoms with Gasteiger partial charge >= 0.3 is 0 Å². The maximum Gasteiger partial charge on any atom is 0.226 e. The minimum absolute atomic E-state index is 0.649. The summed E-state index contributed by atoms with van der Waals surface area (Å²) >= 11 is 0. The summed E-state index contributed by atoms with van der Waals surface area (Å²) in [7, 11) is 0. The molecule has 1 aliphatic rings. The Balaban J connectivity index is 1.53. The van der Waals surface area contributed by atoms with Crippen LogP contribution in [-0.2, 0) is 6.42 Å². The lowest BCUT2D eigenvalue weighted by molar-refractivity contribution is 0.362. The second-order valence-electron chi connectivity index (χ2n) is 5.80. The lowest BCUT2D eigenvalue weighted by Crippen LogP contribution is -1.96. The molecule has 5 nitrogen and oxygen atoms in total. The van der Waals surface area contributed by atoms with Gasteiger partial charge < -0.3 is 9.51 Å². The molecule has 21 heavy (non-hydrogen) atoms. The summed E-state index contributed by atoms with van der Waals surface area (Å²) in [6.45, 7) is 0. The van der Waals surface area contributed by atoms with Crippen LogP contribution in [-0.4, -0.2) is 20.1 Å². The number of H-pyrrole nitrogens is 1. The normalized spacial score (nSPS) is 16.0. The van der Waals surface area contributed by atoms with Gasteiger partial charge in [0.25, 0.3) is 0 Å². The molecule has 3 aromatic heterocycles. The van der Waals surface area contributed by atoms with Crippen molar-refractivity contribution >= 4 is 11.0 Å². The monoisotopic (exact) mass is 282 g/mol. The Kier molecular flexibility index (Phi) is 3.18. The molecule has 1 N–H and O–H groups in total. The average Bonchev–Trinajstić information content (AvgIpc) is 3.25. The van der Waals surface area contributed by atoms with Crippen LogP contribution in [0.15, 0.2) is 29.0 Å². The molecule has 0 radical (unpaired) electrons. The highest BCUT2D eigenvalue weighted by Gasteiger charge is 2.17. The van der Waals surface area contributed by atoms with E-state index in [1.807, 2.05) is 18.3 Å². The van der Waals surface area contributed by atoms with Gasteiger partial charge in [-0.3, -0.25) is 0 Å². The highest BCUT2D eigenvalue weighted by Crippen LogP contribution is 2.29. The van der Waals surface area contributed by atoms with Crippen molar-refractivity contribution in [3.05, 3.63) is 30.4 Å². The van der Waals surface area contributed by atoms with Gasteiger partial charge in [-0.25, -0.2) is 4.98 Å². The van der Waals surface area contributed by atoms with Crippen LogP contribution in [0.5, 0.6) is 0 Å². The predicted octanol–water partition coefficient (Wildman–Crippen LogP) is 3.74. The summed E-state index contributed by atoms with van der Waals surface area (Å²) in [5, 5.41) is 5.15. The lowest BCUT2D eigenvalue weighted by Gasteiger charge is -2.04. The number of rotatable bonds is 4. The van der Waals surface area contributed by atoms with Gasteiger partial charge in [0.05, 0.1) is 0 Å². The number of pyridine rings is 1. The number of hydrogen-bond donors (Lipinski definition) is 1. The van der Waals surface area contributed by atoms with Gasteiger partial charge in [0.15, 0.2) is 0 Å². The van der Waals surface area contributed by atoms with Crippen LogP contribution in [0.3, 0.4) is 0 Å². The molecule has 0 bridgehead atoms. The molecule has 4 rings (SSSR count). The largest absolute Gasteiger partial charge is 0.345 e. The van der Waals surface area contributed by atoms with E-state index in [2.05, 4.69) is 20.1 Å². The Morgan fingerprint density at radius 3 is 3.10 bits per heavy atom. The van der Waals surface area contributed by atoms with E-state index in [0.717, 1.165) is 41.2 Å². The first kappa shape index (κ1) is 12.6. The number of hydrogen-bond acceptors (Lipinski definition) is 4. The molecule has 1 saturated carbocycles. The fourth-order valence-electron chi connectivity index (χ4n) is 3.23. The molecule has 3 heterocycles. The van der Waals surface area contributed by atoms with Gasteiger partial charge in [-0.2, -0.15) is 4.98 Å². The summed E-state index contributed by atoms with van der Waals surface area (Å²) < 4.78 is 5.40. The average molecular weight is 282 g/mol. The predicted molar refractivity (Wildman–Crippen MR) is 79.7 cm³/mol. The van der Waals surface area contributed by atoms with Crippen LogP contribution in [0.1, 0.15) is 38.0 Å². The van der Waals surface area contributed by atoms with Gasteiger partial charge in [-0.1, -0.05) is 30.8 Å². The van der Waals surface area contributed by atoms with Crippen molar-refractivity contribution in [2.45, 2.75) is 38.5 Å². The molecule has 0 amide bonds. The summed E-state index contributed by atoms with van der Waals surface area (Å²) in [5.74, 6) is 2.24. The highest BCUT2D eigenvalue weighted by molar-refractivity contribution is 5.91. The quantitative estimate of drug-likeness (QED) is 0.791. The van der Waals surface area contributed by atoms with Crippen LogP contribution in [0.25, 0.3) is 22.4 Å². The third-order valence-corrected chi connectivity index (χ3v) is 4.40. The van der Waals surface area contributed by atoms with E-state index in [4.69, 9.17) is 4.52 Å². The van der Waals surface area contributed by atoms with Crippen LogP contribution >= 0.6 is 0 Å². The maximum absolute atomic E-state index is 5.40. The third kappa shape index (κ3) is 2.44. The van der Waals surface area contributed by atoms with E-state index in [-0.39, 0.29) is 0 Å². The van der Waals surface area contributed by atoms with Crippen LogP contribution in [0.4, 0.5) is 0 Å². The molecule has 0 unspecified atom stereocenters. The zero-order valence-electron chi connectivity index (χ0n) is 11.9. The lowest BCUT2D eigenvalue weighted by atomic mass is 10.0. The number of fused-ring (bicyclic) bond motifs is 1. The van der Waals surface area contributed by atoms with Gasteiger partial charge in [0, 0.05) is 29.8 Å². The molecular formula is C16H18N4O. The number of nitrogens with one attached hydrogen (secondary N) is 1. The van der Waals surface area contributed by atoms with Crippen LogP contribution in [0, 0.1) is 5.92 Å². The standard InChI is InChI=1S/C16H18N4O/c1-2-5-11(4-1)7-8-14-19-16(20-21-14)13-10-18-15-12(13)6-3-9-17-15/h3,6,9-11H,1-2,4-5,7-8H2,(H,17,18). The third-order valence-electron chi connectivity index (χ3n) is 4.40. The van der Waals surface area contributed by atoms with Crippen molar-refractivity contribution in [1.82, 2.24) is 20.1 Å². The molecule has 0 aliphatic heterocycles. The van der Waals surface area contributed by atoms with Crippen molar-refractivity contribution in [2.75, 3.05) is 0 Å². The van der Waals surface area contributed by atoms with Gasteiger partial charge in [0.2, 0.25) is 11.7 Å². The second kappa shape index (κ2) is 5.31.